The van der Waals surface area contributed by atoms with Gasteiger partial charge in [0, 0.05) is 24.9 Å². The summed E-state index contributed by atoms with van der Waals surface area (Å²) >= 11 is 0. The molecule has 2 aliphatic rings. The lowest BCUT2D eigenvalue weighted by Crippen LogP contribution is -2.52. The fraction of sp³-hybridized carbons (Fsp3) is 0.333. The third kappa shape index (κ3) is 3.24. The van der Waals surface area contributed by atoms with Crippen molar-refractivity contribution in [2.45, 2.75) is 23.2 Å². The molecule has 2 aromatic carbocycles. The summed E-state index contributed by atoms with van der Waals surface area (Å²) in [5, 5.41) is 46.4. The minimum Gasteiger partial charge on any atom is -0.495 e. The number of hydrogen-bond donors (Lipinski definition) is 4. The molecule has 5 rings (SSSR count). The van der Waals surface area contributed by atoms with Crippen LogP contribution in [0.4, 0.5) is 0 Å². The number of aromatic nitrogens is 1. The van der Waals surface area contributed by atoms with Crippen LogP contribution >= 0.6 is 0 Å². The van der Waals surface area contributed by atoms with Crippen LogP contribution in [0.2, 0.25) is 0 Å². The Hall–Kier alpha value is -3.48. The van der Waals surface area contributed by atoms with Gasteiger partial charge in [0.25, 0.3) is 0 Å². The van der Waals surface area contributed by atoms with Crippen molar-refractivity contribution in [2.75, 3.05) is 26.8 Å². The van der Waals surface area contributed by atoms with Crippen LogP contribution in [0.3, 0.4) is 0 Å². The van der Waals surface area contributed by atoms with Gasteiger partial charge in [-0.3, -0.25) is 4.98 Å². The van der Waals surface area contributed by atoms with Crippen molar-refractivity contribution in [3.63, 3.8) is 0 Å². The summed E-state index contributed by atoms with van der Waals surface area (Å²) in [6, 6.07) is 18.7. The third-order valence-corrected chi connectivity index (χ3v) is 7.28. The molecule has 1 aliphatic heterocycles. The standard InChI is InChI=1S/C27H27N3O5/c1-34-21-15-30-16-22-24(21)26(33)25(32)20(14-29-11-12-31)23(18-5-3-2-4-6-18)27(26,35-22)19-9-7-17(13-28)8-10-19/h2-10,15-16,20,23,25,29,31-33H,11-12,14H2,1H3/t20-,23-,25-,26+,27+/m1/s1. The number of benzene rings is 2. The zero-order chi connectivity index (χ0) is 24.6. The van der Waals surface area contributed by atoms with Gasteiger partial charge in [0.15, 0.2) is 11.2 Å². The molecule has 1 aromatic heterocycles. The second-order valence-corrected chi connectivity index (χ2v) is 8.93. The topological polar surface area (TPSA) is 128 Å². The van der Waals surface area contributed by atoms with Gasteiger partial charge in [-0.15, -0.1) is 0 Å². The SMILES string of the molecule is COc1cncc2c1[C@]1(O)[C@H](O)[C@H](CNCCO)[C@@H](c3ccccc3)[C@]1(c1ccc(C#N)cc1)O2. The Morgan fingerprint density at radius 2 is 1.89 bits per heavy atom. The highest BCUT2D eigenvalue weighted by atomic mass is 16.5. The van der Waals surface area contributed by atoms with Gasteiger partial charge in [0.1, 0.15) is 11.5 Å². The monoisotopic (exact) mass is 473 g/mol. The Balaban J connectivity index is 1.80. The molecule has 1 aliphatic carbocycles. The number of methoxy groups -OCH3 is 1. The highest BCUT2D eigenvalue weighted by Gasteiger charge is 2.76. The van der Waals surface area contributed by atoms with Gasteiger partial charge >= 0.3 is 0 Å². The van der Waals surface area contributed by atoms with Crippen molar-refractivity contribution >= 4 is 0 Å². The van der Waals surface area contributed by atoms with Crippen molar-refractivity contribution in [3.05, 3.63) is 89.2 Å². The van der Waals surface area contributed by atoms with Gasteiger partial charge in [0.05, 0.1) is 49.4 Å². The molecule has 3 aromatic rings. The first kappa shape index (κ1) is 23.3. The molecular formula is C27H27N3O5. The lowest BCUT2D eigenvalue weighted by Gasteiger charge is -2.41. The lowest BCUT2D eigenvalue weighted by atomic mass is 9.70. The van der Waals surface area contributed by atoms with Gasteiger partial charge in [0.2, 0.25) is 0 Å². The molecule has 35 heavy (non-hydrogen) atoms. The van der Waals surface area contributed by atoms with Gasteiger partial charge < -0.3 is 30.1 Å². The molecule has 0 amide bonds. The Labute approximate surface area is 203 Å². The van der Waals surface area contributed by atoms with Crippen LogP contribution in [0, 0.1) is 17.2 Å². The van der Waals surface area contributed by atoms with E-state index in [1.165, 1.54) is 19.5 Å². The molecule has 0 radical (unpaired) electrons. The average Bonchev–Trinajstić information content (AvgIpc) is 3.28. The second-order valence-electron chi connectivity index (χ2n) is 8.93. The van der Waals surface area contributed by atoms with E-state index in [0.717, 1.165) is 5.56 Å². The summed E-state index contributed by atoms with van der Waals surface area (Å²) < 4.78 is 12.3. The molecule has 0 unspecified atom stereocenters. The van der Waals surface area contributed by atoms with Crippen molar-refractivity contribution in [1.82, 2.24) is 10.3 Å². The maximum absolute atomic E-state index is 12.6. The quantitative estimate of drug-likeness (QED) is 0.383. The smallest absolute Gasteiger partial charge is 0.177 e. The highest BCUT2D eigenvalue weighted by molar-refractivity contribution is 5.59. The molecule has 5 atom stereocenters. The molecule has 2 heterocycles. The van der Waals surface area contributed by atoms with E-state index < -0.39 is 29.1 Å². The molecule has 0 bridgehead atoms. The minimum absolute atomic E-state index is 0.0529. The number of nitrogens with one attached hydrogen (secondary N) is 1. The Kier molecular flexibility index (Phi) is 5.95. The highest BCUT2D eigenvalue weighted by Crippen LogP contribution is 2.69. The number of fused-ring (bicyclic) bond motifs is 3. The number of ether oxygens (including phenoxy) is 2. The van der Waals surface area contributed by atoms with Crippen molar-refractivity contribution in [3.8, 4) is 17.6 Å². The van der Waals surface area contributed by atoms with Crippen LogP contribution in [0.15, 0.2) is 67.0 Å². The minimum atomic E-state index is -1.89. The van der Waals surface area contributed by atoms with Gasteiger partial charge in [-0.25, -0.2) is 0 Å². The van der Waals surface area contributed by atoms with Crippen LogP contribution in [0.25, 0.3) is 0 Å². The van der Waals surface area contributed by atoms with Gasteiger partial charge in [-0.2, -0.15) is 5.26 Å². The predicted octanol–water partition coefficient (Wildman–Crippen LogP) is 1.79. The molecule has 180 valence electrons. The normalized spacial score (nSPS) is 28.6. The zero-order valence-electron chi connectivity index (χ0n) is 19.3. The fourth-order valence-electron chi connectivity index (χ4n) is 5.90. The van der Waals surface area contributed by atoms with Crippen molar-refractivity contribution in [1.29, 1.82) is 5.26 Å². The van der Waals surface area contributed by atoms with Crippen LogP contribution in [0.1, 0.15) is 28.2 Å². The van der Waals surface area contributed by atoms with E-state index in [1.54, 1.807) is 24.3 Å². The summed E-state index contributed by atoms with van der Waals surface area (Å²) in [4.78, 5) is 4.21. The van der Waals surface area contributed by atoms with E-state index in [-0.39, 0.29) is 6.61 Å². The summed E-state index contributed by atoms with van der Waals surface area (Å²) in [6.45, 7) is 0.619. The van der Waals surface area contributed by atoms with Crippen LogP contribution < -0.4 is 14.8 Å². The lowest BCUT2D eigenvalue weighted by molar-refractivity contribution is -0.152. The molecule has 1 fully saturated rings. The van der Waals surface area contributed by atoms with E-state index in [9.17, 15) is 20.6 Å². The molecule has 4 N–H and O–H groups in total. The number of aliphatic hydroxyl groups excluding tert-OH is 2. The average molecular weight is 474 g/mol. The number of nitrogens with zero attached hydrogens (tertiary/aromatic N) is 2. The number of rotatable bonds is 7. The van der Waals surface area contributed by atoms with E-state index in [0.29, 0.717) is 41.3 Å². The maximum Gasteiger partial charge on any atom is 0.177 e. The van der Waals surface area contributed by atoms with Crippen LogP contribution in [-0.4, -0.2) is 53.2 Å². The fourth-order valence-corrected chi connectivity index (χ4v) is 5.90. The van der Waals surface area contributed by atoms with Crippen molar-refractivity contribution < 1.29 is 24.8 Å². The van der Waals surface area contributed by atoms with Crippen LogP contribution in [-0.2, 0) is 11.2 Å². The van der Waals surface area contributed by atoms with Gasteiger partial charge in [-0.1, -0.05) is 42.5 Å². The number of nitriles is 1. The molecule has 8 heteroatoms. The zero-order valence-corrected chi connectivity index (χ0v) is 19.3. The molecule has 1 saturated carbocycles. The first-order valence-electron chi connectivity index (χ1n) is 11.5. The number of hydrogen-bond acceptors (Lipinski definition) is 8. The Morgan fingerprint density at radius 1 is 1.14 bits per heavy atom. The second kappa shape index (κ2) is 8.95. The Bertz CT molecular complexity index is 1250. The molecule has 0 spiro atoms. The first-order chi connectivity index (χ1) is 17.0. The van der Waals surface area contributed by atoms with E-state index in [1.807, 2.05) is 30.3 Å². The summed E-state index contributed by atoms with van der Waals surface area (Å²) in [5.74, 6) is -0.344. The molecule has 8 nitrogen and oxygen atoms in total. The predicted molar refractivity (Wildman–Crippen MR) is 127 cm³/mol. The van der Waals surface area contributed by atoms with E-state index in [2.05, 4.69) is 16.4 Å². The van der Waals surface area contributed by atoms with Crippen molar-refractivity contribution in [2.24, 2.45) is 5.92 Å². The Morgan fingerprint density at radius 3 is 2.54 bits per heavy atom. The summed E-state index contributed by atoms with van der Waals surface area (Å²) in [5.41, 5.74) is -1.02. The summed E-state index contributed by atoms with van der Waals surface area (Å²) in [6.07, 6.45) is 1.76. The first-order valence-corrected chi connectivity index (χ1v) is 11.5. The summed E-state index contributed by atoms with van der Waals surface area (Å²) in [7, 11) is 1.48. The third-order valence-electron chi connectivity index (χ3n) is 7.28. The number of pyridine rings is 1. The molecular weight excluding hydrogens is 446 g/mol. The van der Waals surface area contributed by atoms with E-state index >= 15 is 0 Å². The molecule has 0 saturated heterocycles. The largest absolute Gasteiger partial charge is 0.495 e. The van der Waals surface area contributed by atoms with Gasteiger partial charge in [-0.05, 0) is 23.3 Å². The van der Waals surface area contributed by atoms with Crippen LogP contribution in [0.5, 0.6) is 11.5 Å². The van der Waals surface area contributed by atoms with E-state index in [4.69, 9.17) is 9.47 Å². The maximum atomic E-state index is 12.6. The number of aliphatic hydroxyl groups is 3.